The lowest BCUT2D eigenvalue weighted by molar-refractivity contribution is -0.119. The molecule has 8 heteroatoms. The predicted octanol–water partition coefficient (Wildman–Crippen LogP) is 3.48. The first-order valence-electron chi connectivity index (χ1n) is 7.24. The summed E-state index contributed by atoms with van der Waals surface area (Å²) in [6.45, 7) is 1.80. The van der Waals surface area contributed by atoms with Crippen molar-refractivity contribution in [2.75, 3.05) is 11.9 Å². The van der Waals surface area contributed by atoms with Crippen LogP contribution < -0.4 is 15.8 Å². The lowest BCUT2D eigenvalue weighted by Gasteiger charge is -2.15. The van der Waals surface area contributed by atoms with Crippen LogP contribution in [0.15, 0.2) is 30.3 Å². The smallest absolute Gasteiger partial charge is 0.335 e. The summed E-state index contributed by atoms with van der Waals surface area (Å²) < 4.78 is 5.37. The molecule has 2 rings (SSSR count). The van der Waals surface area contributed by atoms with Gasteiger partial charge >= 0.3 is 5.97 Å². The van der Waals surface area contributed by atoms with Crippen molar-refractivity contribution in [2.45, 2.75) is 13.5 Å². The van der Waals surface area contributed by atoms with Gasteiger partial charge in [-0.25, -0.2) is 4.79 Å². The van der Waals surface area contributed by atoms with E-state index in [4.69, 9.17) is 38.8 Å². The largest absolute Gasteiger partial charge is 0.482 e. The standard InChI is InChI=1S/C17H16Cl2N2O4/c1-9-4-10(17(23)24)2-3-14(9)21-7-11-5-12(18)6-13(19)16(11)25-8-15(20)22/h2-6,21H,7-8H2,1H3,(H2,20,22)(H,23,24). The molecule has 0 atom stereocenters. The lowest BCUT2D eigenvalue weighted by Crippen LogP contribution is -2.20. The summed E-state index contributed by atoms with van der Waals surface area (Å²) in [5.74, 6) is -1.29. The highest BCUT2D eigenvalue weighted by Crippen LogP contribution is 2.33. The number of ether oxygens (including phenoxy) is 1. The zero-order valence-electron chi connectivity index (χ0n) is 13.3. The third kappa shape index (κ3) is 5.01. The number of benzene rings is 2. The number of carboxylic acid groups (broad SMARTS) is 1. The molecule has 0 bridgehead atoms. The molecule has 0 aliphatic rings. The number of carbonyl (C=O) groups is 2. The van der Waals surface area contributed by atoms with Crippen molar-refractivity contribution in [3.63, 3.8) is 0 Å². The van der Waals surface area contributed by atoms with Gasteiger partial charge in [0.2, 0.25) is 0 Å². The number of nitrogens with one attached hydrogen (secondary N) is 1. The van der Waals surface area contributed by atoms with E-state index in [1.165, 1.54) is 12.1 Å². The number of primary amides is 1. The SMILES string of the molecule is Cc1cc(C(=O)O)ccc1NCc1cc(Cl)cc(Cl)c1OCC(N)=O. The van der Waals surface area contributed by atoms with Crippen LogP contribution in [0.2, 0.25) is 10.0 Å². The Morgan fingerprint density at radius 1 is 1.24 bits per heavy atom. The summed E-state index contributed by atoms with van der Waals surface area (Å²) in [5.41, 5.74) is 7.47. The summed E-state index contributed by atoms with van der Waals surface area (Å²) in [7, 11) is 0. The maximum Gasteiger partial charge on any atom is 0.335 e. The molecule has 0 unspecified atom stereocenters. The highest BCUT2D eigenvalue weighted by Gasteiger charge is 2.13. The summed E-state index contributed by atoms with van der Waals surface area (Å²) in [4.78, 5) is 21.9. The Hall–Kier alpha value is -2.44. The molecule has 2 aromatic rings. The van der Waals surface area contributed by atoms with E-state index in [0.29, 0.717) is 22.9 Å². The van der Waals surface area contributed by atoms with E-state index in [-0.39, 0.29) is 17.2 Å². The number of carboxylic acids is 1. The molecule has 0 fully saturated rings. The van der Waals surface area contributed by atoms with Gasteiger partial charge in [0, 0.05) is 22.8 Å². The van der Waals surface area contributed by atoms with Gasteiger partial charge in [-0.1, -0.05) is 23.2 Å². The maximum absolute atomic E-state index is 11.0. The summed E-state index contributed by atoms with van der Waals surface area (Å²) in [6, 6.07) is 7.93. The molecule has 2 aromatic carbocycles. The number of hydrogen-bond donors (Lipinski definition) is 3. The molecular formula is C17H16Cl2N2O4. The van der Waals surface area contributed by atoms with E-state index in [2.05, 4.69) is 5.32 Å². The molecule has 0 aromatic heterocycles. The van der Waals surface area contributed by atoms with Gasteiger partial charge in [0.15, 0.2) is 6.61 Å². The number of anilines is 1. The monoisotopic (exact) mass is 382 g/mol. The van der Waals surface area contributed by atoms with Gasteiger partial charge in [-0.3, -0.25) is 4.79 Å². The van der Waals surface area contributed by atoms with Crippen molar-refractivity contribution in [3.05, 3.63) is 57.1 Å². The molecule has 0 aliphatic carbocycles. The van der Waals surface area contributed by atoms with Gasteiger partial charge in [-0.15, -0.1) is 0 Å². The molecule has 0 heterocycles. The number of nitrogens with two attached hydrogens (primary N) is 1. The molecule has 0 aliphatic heterocycles. The van der Waals surface area contributed by atoms with Gasteiger partial charge in [-0.2, -0.15) is 0 Å². The molecule has 0 radical (unpaired) electrons. The van der Waals surface area contributed by atoms with Crippen LogP contribution in [0, 0.1) is 6.92 Å². The van der Waals surface area contributed by atoms with Gasteiger partial charge < -0.3 is 20.9 Å². The van der Waals surface area contributed by atoms with Crippen molar-refractivity contribution in [1.82, 2.24) is 0 Å². The predicted molar refractivity (Wildman–Crippen MR) is 96.6 cm³/mol. The number of hydrogen-bond acceptors (Lipinski definition) is 4. The first-order valence-corrected chi connectivity index (χ1v) is 8.00. The van der Waals surface area contributed by atoms with Gasteiger partial charge in [-0.05, 0) is 42.8 Å². The molecular weight excluding hydrogens is 367 g/mol. The van der Waals surface area contributed by atoms with Gasteiger partial charge in [0.25, 0.3) is 5.91 Å². The Balaban J connectivity index is 2.22. The average Bonchev–Trinajstić information content (AvgIpc) is 2.52. The second-order valence-corrected chi connectivity index (χ2v) is 6.16. The molecule has 4 N–H and O–H groups in total. The van der Waals surface area contributed by atoms with Crippen molar-refractivity contribution < 1.29 is 19.4 Å². The molecule has 6 nitrogen and oxygen atoms in total. The fourth-order valence-electron chi connectivity index (χ4n) is 2.24. The topological polar surface area (TPSA) is 102 Å². The van der Waals surface area contributed by atoms with Crippen LogP contribution in [-0.2, 0) is 11.3 Å². The van der Waals surface area contributed by atoms with Crippen LogP contribution in [-0.4, -0.2) is 23.6 Å². The number of aryl methyl sites for hydroxylation is 1. The van der Waals surface area contributed by atoms with Crippen LogP contribution >= 0.6 is 23.2 Å². The Bertz CT molecular complexity index is 825. The first kappa shape index (κ1) is 18.9. The van der Waals surface area contributed by atoms with Crippen molar-refractivity contribution in [3.8, 4) is 5.75 Å². The zero-order valence-corrected chi connectivity index (χ0v) is 14.8. The van der Waals surface area contributed by atoms with E-state index in [1.54, 1.807) is 25.1 Å². The summed E-state index contributed by atoms with van der Waals surface area (Å²) in [5, 5.41) is 12.9. The van der Waals surface area contributed by atoms with Crippen LogP contribution in [0.5, 0.6) is 5.75 Å². The Morgan fingerprint density at radius 2 is 1.96 bits per heavy atom. The highest BCUT2D eigenvalue weighted by molar-refractivity contribution is 6.35. The van der Waals surface area contributed by atoms with E-state index in [1.807, 2.05) is 0 Å². The summed E-state index contributed by atoms with van der Waals surface area (Å²) >= 11 is 12.2. The van der Waals surface area contributed by atoms with E-state index in [0.717, 1.165) is 11.3 Å². The van der Waals surface area contributed by atoms with Crippen LogP contribution in [0.25, 0.3) is 0 Å². The normalized spacial score (nSPS) is 10.4. The first-order chi connectivity index (χ1) is 11.8. The second-order valence-electron chi connectivity index (χ2n) is 5.32. The minimum Gasteiger partial charge on any atom is -0.482 e. The average molecular weight is 383 g/mol. The molecule has 132 valence electrons. The van der Waals surface area contributed by atoms with Gasteiger partial charge in [0.05, 0.1) is 10.6 Å². The minimum absolute atomic E-state index is 0.208. The van der Waals surface area contributed by atoms with Crippen molar-refractivity contribution >= 4 is 40.8 Å². The van der Waals surface area contributed by atoms with E-state index >= 15 is 0 Å². The molecule has 0 saturated heterocycles. The van der Waals surface area contributed by atoms with E-state index < -0.39 is 11.9 Å². The third-order valence-corrected chi connectivity index (χ3v) is 3.89. The second kappa shape index (κ2) is 8.09. The number of rotatable bonds is 7. The van der Waals surface area contributed by atoms with Crippen molar-refractivity contribution in [1.29, 1.82) is 0 Å². The minimum atomic E-state index is -0.988. The fraction of sp³-hybridized carbons (Fsp3) is 0.176. The third-order valence-electron chi connectivity index (χ3n) is 3.39. The number of aromatic carboxylic acids is 1. The molecule has 1 amide bonds. The quantitative estimate of drug-likeness (QED) is 0.680. The highest BCUT2D eigenvalue weighted by atomic mass is 35.5. The van der Waals surface area contributed by atoms with E-state index in [9.17, 15) is 9.59 Å². The molecule has 0 saturated carbocycles. The zero-order chi connectivity index (χ0) is 18.6. The molecule has 0 spiro atoms. The number of amides is 1. The Labute approximate surface area is 154 Å². The summed E-state index contributed by atoms with van der Waals surface area (Å²) in [6.07, 6.45) is 0. The van der Waals surface area contributed by atoms with Crippen molar-refractivity contribution in [2.24, 2.45) is 5.73 Å². The molecule has 25 heavy (non-hydrogen) atoms. The van der Waals surface area contributed by atoms with Gasteiger partial charge in [0.1, 0.15) is 5.75 Å². The van der Waals surface area contributed by atoms with Crippen LogP contribution in [0.3, 0.4) is 0 Å². The maximum atomic E-state index is 11.0. The number of carbonyl (C=O) groups excluding carboxylic acids is 1. The van der Waals surface area contributed by atoms with Crippen LogP contribution in [0.1, 0.15) is 21.5 Å². The van der Waals surface area contributed by atoms with Crippen LogP contribution in [0.4, 0.5) is 5.69 Å². The Kier molecular flexibility index (Phi) is 6.12. The Morgan fingerprint density at radius 3 is 2.56 bits per heavy atom. The fourth-order valence-corrected chi connectivity index (χ4v) is 2.83. The lowest BCUT2D eigenvalue weighted by atomic mass is 10.1. The number of halogens is 2.